The minimum Gasteiger partial charge on any atom is -0.494 e. The Morgan fingerprint density at radius 1 is 1.06 bits per heavy atom. The van der Waals surface area contributed by atoms with E-state index in [1.165, 1.54) is 18.3 Å². The predicted octanol–water partition coefficient (Wildman–Crippen LogP) is 4.70. The molecule has 0 aliphatic heterocycles. The highest BCUT2D eigenvalue weighted by Crippen LogP contribution is 2.30. The van der Waals surface area contributed by atoms with Crippen molar-refractivity contribution < 1.29 is 17.9 Å². The highest BCUT2D eigenvalue weighted by molar-refractivity contribution is 7.92. The molecule has 0 aliphatic carbocycles. The summed E-state index contributed by atoms with van der Waals surface area (Å²) in [5.41, 5.74) is 4.93. The molecule has 3 aromatic rings. The van der Waals surface area contributed by atoms with Gasteiger partial charge in [-0.25, -0.2) is 13.8 Å². The molecule has 0 spiro atoms. The first-order chi connectivity index (χ1) is 16.2. The van der Waals surface area contributed by atoms with E-state index in [0.29, 0.717) is 22.9 Å². The van der Waals surface area contributed by atoms with Gasteiger partial charge in [0.15, 0.2) is 0 Å². The Labute approximate surface area is 205 Å². The third-order valence-corrected chi connectivity index (χ3v) is 7.18. The Bertz CT molecular complexity index is 1270. The number of sulfonamides is 1. The van der Waals surface area contributed by atoms with E-state index in [0.717, 1.165) is 21.2 Å². The van der Waals surface area contributed by atoms with Crippen molar-refractivity contribution in [2.75, 3.05) is 17.5 Å². The van der Waals surface area contributed by atoms with E-state index in [2.05, 4.69) is 10.5 Å². The Kier molecular flexibility index (Phi) is 8.31. The molecule has 0 atom stereocenters. The average Bonchev–Trinajstić information content (AvgIpc) is 2.81. The largest absolute Gasteiger partial charge is 0.494 e. The van der Waals surface area contributed by atoms with Crippen LogP contribution in [0.3, 0.4) is 0 Å². The maximum atomic E-state index is 13.5. The number of hydrogen-bond acceptors (Lipinski definition) is 5. The first-order valence-corrected chi connectivity index (χ1v) is 12.4. The van der Waals surface area contributed by atoms with Crippen molar-refractivity contribution in [3.05, 3.63) is 88.4 Å². The van der Waals surface area contributed by atoms with Crippen LogP contribution in [-0.4, -0.2) is 33.7 Å². The Balaban J connectivity index is 1.83. The van der Waals surface area contributed by atoms with Gasteiger partial charge in [0.05, 0.1) is 23.4 Å². The van der Waals surface area contributed by atoms with E-state index < -0.39 is 22.5 Å². The first-order valence-electron chi connectivity index (χ1n) is 10.6. The van der Waals surface area contributed by atoms with Crippen LogP contribution in [0.2, 0.25) is 5.02 Å². The van der Waals surface area contributed by atoms with Gasteiger partial charge in [-0.2, -0.15) is 5.10 Å². The van der Waals surface area contributed by atoms with Gasteiger partial charge in [0.1, 0.15) is 12.3 Å². The number of carbonyl (C=O) groups is 1. The molecule has 0 aromatic heterocycles. The molecule has 34 heavy (non-hydrogen) atoms. The third kappa shape index (κ3) is 6.15. The molecule has 7 nitrogen and oxygen atoms in total. The number of nitrogens with zero attached hydrogens (tertiary/aromatic N) is 2. The number of ether oxygens (including phenoxy) is 1. The van der Waals surface area contributed by atoms with Crippen LogP contribution >= 0.6 is 11.6 Å². The van der Waals surface area contributed by atoms with Gasteiger partial charge in [-0.3, -0.25) is 9.10 Å². The SMILES string of the molecule is CCOc1ccc(/C=N\NC(=O)CN(c2cccc(Cl)c2C)S(=O)(=O)c2ccc(C)cc2)cc1. The number of rotatable bonds is 9. The molecule has 1 amide bonds. The van der Waals surface area contributed by atoms with Crippen molar-refractivity contribution in [1.82, 2.24) is 5.43 Å². The zero-order valence-electron chi connectivity index (χ0n) is 19.2. The lowest BCUT2D eigenvalue weighted by Gasteiger charge is -2.25. The van der Waals surface area contributed by atoms with Crippen LogP contribution in [0, 0.1) is 13.8 Å². The summed E-state index contributed by atoms with van der Waals surface area (Å²) in [4.78, 5) is 12.8. The summed E-state index contributed by atoms with van der Waals surface area (Å²) in [5, 5.41) is 4.36. The number of carbonyl (C=O) groups excluding carboxylic acids is 1. The Hall–Kier alpha value is -3.36. The molecular weight excluding hydrogens is 474 g/mol. The second kappa shape index (κ2) is 11.2. The monoisotopic (exact) mass is 499 g/mol. The molecule has 9 heteroatoms. The summed E-state index contributed by atoms with van der Waals surface area (Å²) >= 11 is 6.24. The third-order valence-electron chi connectivity index (χ3n) is 5.00. The zero-order chi connectivity index (χ0) is 24.7. The minimum atomic E-state index is -4.04. The molecule has 0 heterocycles. The van der Waals surface area contributed by atoms with Gasteiger partial charge in [-0.1, -0.05) is 35.4 Å². The highest BCUT2D eigenvalue weighted by Gasteiger charge is 2.28. The lowest BCUT2D eigenvalue weighted by atomic mass is 10.2. The molecule has 0 bridgehead atoms. The standard InChI is InChI=1S/C25H26ClN3O4S/c1-4-33-21-12-10-20(11-13-21)16-27-28-25(30)17-29(24-7-5-6-23(26)19(24)3)34(31,32)22-14-8-18(2)9-15-22/h5-16H,4,17H2,1-3H3,(H,28,30)/b27-16-. The topological polar surface area (TPSA) is 88.1 Å². The second-order valence-electron chi connectivity index (χ2n) is 7.50. The van der Waals surface area contributed by atoms with Crippen molar-refractivity contribution in [2.45, 2.75) is 25.7 Å². The molecule has 0 saturated heterocycles. The summed E-state index contributed by atoms with van der Waals surface area (Å²) in [7, 11) is -4.04. The molecule has 3 aromatic carbocycles. The quantitative estimate of drug-likeness (QED) is 0.341. The number of nitrogens with one attached hydrogen (secondary N) is 1. The fourth-order valence-electron chi connectivity index (χ4n) is 3.16. The lowest BCUT2D eigenvalue weighted by molar-refractivity contribution is -0.119. The maximum absolute atomic E-state index is 13.5. The molecule has 1 N–H and O–H groups in total. The number of aryl methyl sites for hydroxylation is 1. The summed E-state index contributed by atoms with van der Waals surface area (Å²) in [6.45, 7) is 5.57. The number of anilines is 1. The van der Waals surface area contributed by atoms with Gasteiger partial charge in [0.2, 0.25) is 0 Å². The maximum Gasteiger partial charge on any atom is 0.264 e. The fraction of sp³-hybridized carbons (Fsp3) is 0.200. The molecule has 0 aliphatic rings. The van der Waals surface area contributed by atoms with Crippen LogP contribution in [0.25, 0.3) is 0 Å². The predicted molar refractivity (Wildman–Crippen MR) is 135 cm³/mol. The van der Waals surface area contributed by atoms with Gasteiger partial charge in [-0.05, 0) is 80.4 Å². The van der Waals surface area contributed by atoms with Crippen LogP contribution in [0.5, 0.6) is 5.75 Å². The van der Waals surface area contributed by atoms with E-state index in [1.807, 2.05) is 13.8 Å². The van der Waals surface area contributed by atoms with Crippen LogP contribution in [0.1, 0.15) is 23.6 Å². The smallest absolute Gasteiger partial charge is 0.264 e. The van der Waals surface area contributed by atoms with Gasteiger partial charge in [-0.15, -0.1) is 0 Å². The van der Waals surface area contributed by atoms with Crippen molar-refractivity contribution in [2.24, 2.45) is 5.10 Å². The van der Waals surface area contributed by atoms with Crippen LogP contribution in [0.15, 0.2) is 76.7 Å². The van der Waals surface area contributed by atoms with Crippen LogP contribution < -0.4 is 14.5 Å². The Morgan fingerprint density at radius 3 is 2.38 bits per heavy atom. The average molecular weight is 500 g/mol. The highest BCUT2D eigenvalue weighted by atomic mass is 35.5. The van der Waals surface area contributed by atoms with Crippen molar-refractivity contribution in [3.63, 3.8) is 0 Å². The molecular formula is C25H26ClN3O4S. The normalized spacial score (nSPS) is 11.4. The summed E-state index contributed by atoms with van der Waals surface area (Å²) < 4.78 is 33.4. The second-order valence-corrected chi connectivity index (χ2v) is 9.77. The number of amides is 1. The molecule has 3 rings (SSSR count). The molecule has 0 radical (unpaired) electrons. The summed E-state index contributed by atoms with van der Waals surface area (Å²) in [5.74, 6) is 0.134. The van der Waals surface area contributed by atoms with Crippen LogP contribution in [0.4, 0.5) is 5.69 Å². The van der Waals surface area contributed by atoms with Crippen molar-refractivity contribution in [3.8, 4) is 5.75 Å². The van der Waals surface area contributed by atoms with Crippen molar-refractivity contribution >= 4 is 39.4 Å². The zero-order valence-corrected chi connectivity index (χ0v) is 20.7. The van der Waals surface area contributed by atoms with Crippen LogP contribution in [-0.2, 0) is 14.8 Å². The minimum absolute atomic E-state index is 0.0724. The fourth-order valence-corrected chi connectivity index (χ4v) is 4.81. The van der Waals surface area contributed by atoms with E-state index >= 15 is 0 Å². The molecule has 0 unspecified atom stereocenters. The van der Waals surface area contributed by atoms with Crippen molar-refractivity contribution in [1.29, 1.82) is 0 Å². The van der Waals surface area contributed by atoms with Gasteiger partial charge in [0, 0.05) is 5.02 Å². The lowest BCUT2D eigenvalue weighted by Crippen LogP contribution is -2.40. The van der Waals surface area contributed by atoms with E-state index in [1.54, 1.807) is 61.5 Å². The molecule has 178 valence electrons. The number of hydrogen-bond donors (Lipinski definition) is 1. The van der Waals surface area contributed by atoms with E-state index in [4.69, 9.17) is 16.3 Å². The Morgan fingerprint density at radius 2 is 1.74 bits per heavy atom. The summed E-state index contributed by atoms with van der Waals surface area (Å²) in [6.07, 6.45) is 1.47. The summed E-state index contributed by atoms with van der Waals surface area (Å²) in [6, 6.07) is 18.5. The number of hydrazone groups is 1. The van der Waals surface area contributed by atoms with E-state index in [-0.39, 0.29) is 4.90 Å². The van der Waals surface area contributed by atoms with Gasteiger partial charge in [0.25, 0.3) is 15.9 Å². The van der Waals surface area contributed by atoms with Gasteiger partial charge < -0.3 is 4.74 Å². The van der Waals surface area contributed by atoms with E-state index in [9.17, 15) is 13.2 Å². The number of halogens is 1. The molecule has 0 fully saturated rings. The number of benzene rings is 3. The van der Waals surface area contributed by atoms with Gasteiger partial charge >= 0.3 is 0 Å². The first kappa shape index (κ1) is 25.3. The molecule has 0 saturated carbocycles.